The third-order valence-corrected chi connectivity index (χ3v) is 12.1. The van der Waals surface area contributed by atoms with Crippen LogP contribution in [0.15, 0.2) is 194 Å². The van der Waals surface area contributed by atoms with Gasteiger partial charge in [0.2, 0.25) is 0 Å². The average molecular weight is 727 g/mol. The van der Waals surface area contributed by atoms with Gasteiger partial charge >= 0.3 is 0 Å². The Labute approximate surface area is 332 Å². The summed E-state index contributed by atoms with van der Waals surface area (Å²) < 4.78 is 0. The molecule has 268 valence electrons. The summed E-state index contributed by atoms with van der Waals surface area (Å²) >= 11 is 0. The Morgan fingerprint density at radius 3 is 1.61 bits per heavy atom. The van der Waals surface area contributed by atoms with Gasteiger partial charge < -0.3 is 0 Å². The fraction of sp³-hybridized carbons (Fsp3) is 0.0545. The molecule has 1 heterocycles. The molecule has 0 amide bonds. The van der Waals surface area contributed by atoms with Crippen LogP contribution in [0.25, 0.3) is 99.6 Å². The summed E-state index contributed by atoms with van der Waals surface area (Å²) in [6, 6.07) is 70.0. The lowest BCUT2D eigenvalue weighted by atomic mass is 9.81. The number of fused-ring (bicyclic) bond motifs is 7. The van der Waals surface area contributed by atoms with Gasteiger partial charge in [0.05, 0.1) is 11.4 Å². The Morgan fingerprint density at radius 2 is 0.860 bits per heavy atom. The van der Waals surface area contributed by atoms with Crippen molar-refractivity contribution in [2.24, 2.45) is 0 Å². The summed E-state index contributed by atoms with van der Waals surface area (Å²) in [5, 5.41) is 7.38. The summed E-state index contributed by atoms with van der Waals surface area (Å²) in [4.78, 5) is 10.6. The number of aromatic nitrogens is 2. The van der Waals surface area contributed by atoms with E-state index in [1.807, 2.05) is 6.07 Å². The molecule has 0 unspecified atom stereocenters. The lowest BCUT2D eigenvalue weighted by Crippen LogP contribution is -2.14. The first-order chi connectivity index (χ1) is 28.0. The molecule has 11 rings (SSSR count). The van der Waals surface area contributed by atoms with Crippen LogP contribution in [-0.2, 0) is 5.41 Å². The molecular formula is C55H38N2. The maximum Gasteiger partial charge on any atom is 0.161 e. The van der Waals surface area contributed by atoms with Crippen molar-refractivity contribution in [2.45, 2.75) is 19.3 Å². The van der Waals surface area contributed by atoms with E-state index in [-0.39, 0.29) is 5.41 Å². The highest BCUT2D eigenvalue weighted by atomic mass is 14.9. The maximum atomic E-state index is 5.33. The van der Waals surface area contributed by atoms with Crippen LogP contribution in [-0.4, -0.2) is 9.97 Å². The maximum absolute atomic E-state index is 5.33. The predicted molar refractivity (Wildman–Crippen MR) is 239 cm³/mol. The van der Waals surface area contributed by atoms with Crippen molar-refractivity contribution >= 4 is 32.3 Å². The van der Waals surface area contributed by atoms with Crippen molar-refractivity contribution < 1.29 is 0 Å². The molecule has 0 N–H and O–H groups in total. The topological polar surface area (TPSA) is 25.8 Å². The van der Waals surface area contributed by atoms with Crippen LogP contribution in [0.1, 0.15) is 25.0 Å². The lowest BCUT2D eigenvalue weighted by Gasteiger charge is -2.22. The molecular weight excluding hydrogens is 689 g/mol. The van der Waals surface area contributed by atoms with Crippen molar-refractivity contribution in [2.75, 3.05) is 0 Å². The van der Waals surface area contributed by atoms with Crippen molar-refractivity contribution in [1.82, 2.24) is 9.97 Å². The molecule has 0 bridgehead atoms. The van der Waals surface area contributed by atoms with Crippen molar-refractivity contribution in [3.63, 3.8) is 0 Å². The zero-order valence-corrected chi connectivity index (χ0v) is 31.9. The molecule has 57 heavy (non-hydrogen) atoms. The van der Waals surface area contributed by atoms with Gasteiger partial charge in [-0.2, -0.15) is 0 Å². The number of nitrogens with zero attached hydrogens (tertiary/aromatic N) is 2. The second kappa shape index (κ2) is 13.0. The molecule has 2 heteroatoms. The number of hydrogen-bond donors (Lipinski definition) is 0. The van der Waals surface area contributed by atoms with E-state index in [0.29, 0.717) is 5.82 Å². The number of benzene rings is 9. The lowest BCUT2D eigenvalue weighted by molar-refractivity contribution is 0.661. The average Bonchev–Trinajstić information content (AvgIpc) is 3.52. The largest absolute Gasteiger partial charge is 0.228 e. The highest BCUT2D eigenvalue weighted by molar-refractivity contribution is 6.11. The highest BCUT2D eigenvalue weighted by Crippen LogP contribution is 2.55. The van der Waals surface area contributed by atoms with E-state index in [1.165, 1.54) is 71.4 Å². The third-order valence-electron chi connectivity index (χ3n) is 12.1. The van der Waals surface area contributed by atoms with Crippen molar-refractivity contribution in [3.05, 3.63) is 205 Å². The Hall–Kier alpha value is -7.16. The van der Waals surface area contributed by atoms with Gasteiger partial charge in [0.15, 0.2) is 5.82 Å². The molecule has 10 aromatic rings. The van der Waals surface area contributed by atoms with E-state index in [1.54, 1.807) is 0 Å². The monoisotopic (exact) mass is 726 g/mol. The standard InChI is InChI=1S/C55H38N2/c1-55(2)48-25-13-24-46(53(48)52-42-20-9-7-15-36(42)30-33-49(52)55)45-31-32-47(44-22-11-10-21-43(44)45)54-56-50(38-16-4-3-5-17-38)34-51(57-54)39-28-26-37(27-29-39)41-23-12-18-35-14-6-8-19-40(35)41/h3-34H,1-2H3. The fourth-order valence-corrected chi connectivity index (χ4v) is 9.27. The molecule has 9 aromatic carbocycles. The number of hydrogen-bond acceptors (Lipinski definition) is 2. The van der Waals surface area contributed by atoms with Gasteiger partial charge in [0, 0.05) is 22.1 Å². The number of rotatable bonds is 5. The van der Waals surface area contributed by atoms with Gasteiger partial charge in [-0.25, -0.2) is 9.97 Å². The van der Waals surface area contributed by atoms with Gasteiger partial charge in [-0.05, 0) is 89.0 Å². The Balaban J connectivity index is 1.08. The SMILES string of the molecule is CC1(C)c2cccc(-c3ccc(-c4nc(-c5ccccc5)cc(-c5ccc(-c6cccc7ccccc67)cc5)n4)c4ccccc34)c2-c2c1ccc1ccccc21. The van der Waals surface area contributed by atoms with Crippen LogP contribution >= 0.6 is 0 Å². The third kappa shape index (κ3) is 5.33. The Kier molecular flexibility index (Phi) is 7.55. The molecule has 0 atom stereocenters. The molecule has 1 aliphatic carbocycles. The molecule has 0 aliphatic heterocycles. The van der Waals surface area contributed by atoms with Gasteiger partial charge in [-0.3, -0.25) is 0 Å². The van der Waals surface area contributed by atoms with E-state index in [9.17, 15) is 0 Å². The molecule has 0 saturated heterocycles. The first-order valence-corrected chi connectivity index (χ1v) is 19.7. The van der Waals surface area contributed by atoms with Crippen LogP contribution in [0.3, 0.4) is 0 Å². The summed E-state index contributed by atoms with van der Waals surface area (Å²) in [5.41, 5.74) is 15.1. The summed E-state index contributed by atoms with van der Waals surface area (Å²) in [5.74, 6) is 0.711. The summed E-state index contributed by atoms with van der Waals surface area (Å²) in [6.45, 7) is 4.73. The van der Waals surface area contributed by atoms with Crippen LogP contribution in [0.2, 0.25) is 0 Å². The Bertz CT molecular complexity index is 3190. The minimum Gasteiger partial charge on any atom is -0.228 e. The smallest absolute Gasteiger partial charge is 0.161 e. The molecule has 0 radical (unpaired) electrons. The van der Waals surface area contributed by atoms with Gasteiger partial charge in [-0.15, -0.1) is 0 Å². The minimum atomic E-state index is -0.115. The second-order valence-electron chi connectivity index (χ2n) is 15.7. The Morgan fingerprint density at radius 1 is 0.333 bits per heavy atom. The van der Waals surface area contributed by atoms with Crippen molar-refractivity contribution in [1.29, 1.82) is 0 Å². The molecule has 0 spiro atoms. The van der Waals surface area contributed by atoms with E-state index in [2.05, 4.69) is 202 Å². The molecule has 0 saturated carbocycles. The molecule has 1 aliphatic rings. The zero-order chi connectivity index (χ0) is 38.1. The van der Waals surface area contributed by atoms with E-state index < -0.39 is 0 Å². The normalized spacial score (nSPS) is 12.9. The highest BCUT2D eigenvalue weighted by Gasteiger charge is 2.38. The van der Waals surface area contributed by atoms with Crippen LogP contribution in [0, 0.1) is 0 Å². The van der Waals surface area contributed by atoms with Gasteiger partial charge in [0.1, 0.15) is 0 Å². The van der Waals surface area contributed by atoms with Gasteiger partial charge in [0.25, 0.3) is 0 Å². The second-order valence-corrected chi connectivity index (χ2v) is 15.7. The fourth-order valence-electron chi connectivity index (χ4n) is 9.27. The molecule has 0 fully saturated rings. The quantitative estimate of drug-likeness (QED) is 0.176. The summed E-state index contributed by atoms with van der Waals surface area (Å²) in [7, 11) is 0. The van der Waals surface area contributed by atoms with E-state index in [0.717, 1.165) is 33.5 Å². The first-order valence-electron chi connectivity index (χ1n) is 19.7. The molecule has 1 aromatic heterocycles. The minimum absolute atomic E-state index is 0.115. The van der Waals surface area contributed by atoms with Crippen LogP contribution < -0.4 is 0 Å². The van der Waals surface area contributed by atoms with Crippen LogP contribution in [0.5, 0.6) is 0 Å². The first kappa shape index (κ1) is 33.2. The molecule has 2 nitrogen and oxygen atoms in total. The van der Waals surface area contributed by atoms with Gasteiger partial charge in [-0.1, -0.05) is 196 Å². The van der Waals surface area contributed by atoms with Crippen molar-refractivity contribution in [3.8, 4) is 67.3 Å². The van der Waals surface area contributed by atoms with E-state index >= 15 is 0 Å². The van der Waals surface area contributed by atoms with E-state index in [4.69, 9.17) is 9.97 Å². The predicted octanol–water partition coefficient (Wildman–Crippen LogP) is 14.6. The summed E-state index contributed by atoms with van der Waals surface area (Å²) in [6.07, 6.45) is 0. The zero-order valence-electron chi connectivity index (χ0n) is 31.9. The van der Waals surface area contributed by atoms with Crippen LogP contribution in [0.4, 0.5) is 0 Å².